The standard InChI is InChI=1S/C22H19FN4O2/c23-19-4-2-1-3-18(19)20-8-6-17(29-20)7-10-22(28)26-14-16-5-9-21(25-13-16)27-12-11-24-15-27/h1-6,8-9,11-13,15H,7,10,14H2,(H,26,28). The van der Waals surface area contributed by atoms with Crippen molar-refractivity contribution in [3.8, 4) is 17.1 Å². The average molecular weight is 390 g/mol. The smallest absolute Gasteiger partial charge is 0.220 e. The van der Waals surface area contributed by atoms with Gasteiger partial charge in [-0.2, -0.15) is 0 Å². The van der Waals surface area contributed by atoms with E-state index in [1.807, 2.05) is 18.3 Å². The molecule has 0 aliphatic carbocycles. The van der Waals surface area contributed by atoms with Crippen LogP contribution >= 0.6 is 0 Å². The molecule has 0 aliphatic rings. The van der Waals surface area contributed by atoms with Crippen LogP contribution in [0.5, 0.6) is 0 Å². The lowest BCUT2D eigenvalue weighted by molar-refractivity contribution is -0.121. The molecule has 3 heterocycles. The number of pyridine rings is 1. The predicted octanol–water partition coefficient (Wildman–Crippen LogP) is 3.92. The van der Waals surface area contributed by atoms with E-state index in [-0.39, 0.29) is 18.1 Å². The summed E-state index contributed by atoms with van der Waals surface area (Å²) in [6.45, 7) is 0.397. The second kappa shape index (κ2) is 8.52. The number of amides is 1. The van der Waals surface area contributed by atoms with Gasteiger partial charge in [0.05, 0.1) is 5.56 Å². The van der Waals surface area contributed by atoms with E-state index in [0.717, 1.165) is 11.4 Å². The molecule has 0 unspecified atom stereocenters. The molecular weight excluding hydrogens is 371 g/mol. The minimum absolute atomic E-state index is 0.0903. The van der Waals surface area contributed by atoms with Crippen LogP contribution in [-0.2, 0) is 17.8 Å². The Bertz CT molecular complexity index is 1090. The van der Waals surface area contributed by atoms with E-state index in [9.17, 15) is 9.18 Å². The molecule has 1 N–H and O–H groups in total. The number of hydrogen-bond acceptors (Lipinski definition) is 4. The summed E-state index contributed by atoms with van der Waals surface area (Å²) in [5.74, 6) is 1.44. The molecule has 4 rings (SSSR count). The SMILES string of the molecule is O=C(CCc1ccc(-c2ccccc2F)o1)NCc1ccc(-n2ccnc2)nc1. The van der Waals surface area contributed by atoms with Crippen LogP contribution in [0.25, 0.3) is 17.1 Å². The number of halogens is 1. The minimum atomic E-state index is -0.334. The molecule has 7 heteroatoms. The van der Waals surface area contributed by atoms with Crippen molar-refractivity contribution in [3.05, 3.63) is 90.6 Å². The van der Waals surface area contributed by atoms with Gasteiger partial charge in [-0.25, -0.2) is 14.4 Å². The maximum Gasteiger partial charge on any atom is 0.220 e. The number of rotatable bonds is 7. The molecule has 0 spiro atoms. The van der Waals surface area contributed by atoms with Crippen molar-refractivity contribution < 1.29 is 13.6 Å². The molecular formula is C22H19FN4O2. The molecule has 3 aromatic heterocycles. The molecule has 4 aromatic rings. The number of imidazole rings is 1. The van der Waals surface area contributed by atoms with Gasteiger partial charge in [-0.15, -0.1) is 0 Å². The molecule has 0 radical (unpaired) electrons. The zero-order valence-corrected chi connectivity index (χ0v) is 15.6. The molecule has 6 nitrogen and oxygen atoms in total. The summed E-state index contributed by atoms with van der Waals surface area (Å²) in [5.41, 5.74) is 1.32. The van der Waals surface area contributed by atoms with Crippen molar-refractivity contribution in [1.29, 1.82) is 0 Å². The van der Waals surface area contributed by atoms with E-state index in [0.29, 0.717) is 30.0 Å². The van der Waals surface area contributed by atoms with E-state index in [2.05, 4.69) is 15.3 Å². The van der Waals surface area contributed by atoms with E-state index in [1.165, 1.54) is 6.07 Å². The molecule has 1 aromatic carbocycles. The number of carbonyl (C=O) groups is 1. The number of nitrogens with zero attached hydrogens (tertiary/aromatic N) is 3. The largest absolute Gasteiger partial charge is 0.461 e. The number of carbonyl (C=O) groups excluding carboxylic acids is 1. The molecule has 0 saturated heterocycles. The van der Waals surface area contributed by atoms with E-state index < -0.39 is 0 Å². The maximum absolute atomic E-state index is 13.8. The van der Waals surface area contributed by atoms with Gasteiger partial charge in [-0.3, -0.25) is 9.36 Å². The summed E-state index contributed by atoms with van der Waals surface area (Å²) in [5, 5.41) is 2.87. The highest BCUT2D eigenvalue weighted by Gasteiger charge is 2.10. The summed E-state index contributed by atoms with van der Waals surface area (Å²) in [6, 6.07) is 13.7. The number of hydrogen-bond donors (Lipinski definition) is 1. The van der Waals surface area contributed by atoms with E-state index in [1.54, 1.807) is 53.6 Å². The highest BCUT2D eigenvalue weighted by atomic mass is 19.1. The zero-order valence-electron chi connectivity index (χ0n) is 15.6. The fourth-order valence-corrected chi connectivity index (χ4v) is 2.91. The molecule has 0 bridgehead atoms. The Hall–Kier alpha value is -3.74. The monoisotopic (exact) mass is 390 g/mol. The van der Waals surface area contributed by atoms with E-state index >= 15 is 0 Å². The lowest BCUT2D eigenvalue weighted by Gasteiger charge is -2.06. The Morgan fingerprint density at radius 2 is 2.03 bits per heavy atom. The first-order valence-electron chi connectivity index (χ1n) is 9.22. The van der Waals surface area contributed by atoms with Gasteiger partial charge in [0.1, 0.15) is 29.5 Å². The highest BCUT2D eigenvalue weighted by Crippen LogP contribution is 2.25. The summed E-state index contributed by atoms with van der Waals surface area (Å²) < 4.78 is 21.3. The number of furan rings is 1. The van der Waals surface area contributed by atoms with Gasteiger partial charge in [-0.05, 0) is 35.9 Å². The predicted molar refractivity (Wildman–Crippen MR) is 106 cm³/mol. The Kier molecular flexibility index (Phi) is 5.47. The third-order valence-electron chi connectivity index (χ3n) is 4.47. The third-order valence-corrected chi connectivity index (χ3v) is 4.47. The fourth-order valence-electron chi connectivity index (χ4n) is 2.91. The molecule has 0 atom stereocenters. The van der Waals surface area contributed by atoms with Crippen LogP contribution < -0.4 is 5.32 Å². The quantitative estimate of drug-likeness (QED) is 0.519. The number of aromatic nitrogens is 3. The van der Waals surface area contributed by atoms with Crippen LogP contribution in [0.2, 0.25) is 0 Å². The Morgan fingerprint density at radius 1 is 1.14 bits per heavy atom. The fraction of sp³-hybridized carbons (Fsp3) is 0.136. The van der Waals surface area contributed by atoms with Crippen LogP contribution in [0, 0.1) is 5.82 Å². The van der Waals surface area contributed by atoms with Crippen LogP contribution in [0.15, 0.2) is 77.9 Å². The molecule has 0 saturated carbocycles. The lowest BCUT2D eigenvalue weighted by atomic mass is 10.1. The summed E-state index contributed by atoms with van der Waals surface area (Å²) in [6.07, 6.45) is 7.63. The molecule has 29 heavy (non-hydrogen) atoms. The average Bonchev–Trinajstić information content (AvgIpc) is 3.44. The van der Waals surface area contributed by atoms with E-state index in [4.69, 9.17) is 4.42 Å². The Labute approximate surface area is 167 Å². The van der Waals surface area contributed by atoms with Crippen molar-refractivity contribution >= 4 is 5.91 Å². The van der Waals surface area contributed by atoms with Crippen molar-refractivity contribution in [2.45, 2.75) is 19.4 Å². The summed E-state index contributed by atoms with van der Waals surface area (Å²) in [4.78, 5) is 20.5. The van der Waals surface area contributed by atoms with Gasteiger partial charge in [0, 0.05) is 38.0 Å². The van der Waals surface area contributed by atoms with Gasteiger partial charge in [0.15, 0.2) is 0 Å². The van der Waals surface area contributed by atoms with Crippen molar-refractivity contribution in [2.75, 3.05) is 0 Å². The first kappa shape index (κ1) is 18.6. The van der Waals surface area contributed by atoms with Crippen LogP contribution in [0.1, 0.15) is 17.7 Å². The molecule has 0 fully saturated rings. The molecule has 1 amide bonds. The lowest BCUT2D eigenvalue weighted by Crippen LogP contribution is -2.23. The van der Waals surface area contributed by atoms with Gasteiger partial charge in [0.2, 0.25) is 5.91 Å². The van der Waals surface area contributed by atoms with Crippen molar-refractivity contribution in [3.63, 3.8) is 0 Å². The van der Waals surface area contributed by atoms with Crippen LogP contribution in [0.3, 0.4) is 0 Å². The minimum Gasteiger partial charge on any atom is -0.461 e. The number of nitrogens with one attached hydrogen (secondary N) is 1. The number of benzene rings is 1. The van der Waals surface area contributed by atoms with Crippen molar-refractivity contribution in [2.24, 2.45) is 0 Å². The first-order chi connectivity index (χ1) is 14.2. The van der Waals surface area contributed by atoms with Crippen LogP contribution in [0.4, 0.5) is 4.39 Å². The zero-order chi connectivity index (χ0) is 20.1. The summed E-state index contributed by atoms with van der Waals surface area (Å²) in [7, 11) is 0. The molecule has 146 valence electrons. The number of aryl methyl sites for hydroxylation is 1. The van der Waals surface area contributed by atoms with Crippen LogP contribution in [-0.4, -0.2) is 20.4 Å². The second-order valence-corrected chi connectivity index (χ2v) is 6.52. The maximum atomic E-state index is 13.8. The van der Waals surface area contributed by atoms with Gasteiger partial charge >= 0.3 is 0 Å². The Balaban J connectivity index is 1.27. The summed E-state index contributed by atoms with van der Waals surface area (Å²) >= 11 is 0. The highest BCUT2D eigenvalue weighted by molar-refractivity contribution is 5.76. The van der Waals surface area contributed by atoms with Gasteiger partial charge in [-0.1, -0.05) is 18.2 Å². The first-order valence-corrected chi connectivity index (χ1v) is 9.22. The topological polar surface area (TPSA) is 73.0 Å². The Morgan fingerprint density at radius 3 is 2.79 bits per heavy atom. The van der Waals surface area contributed by atoms with Crippen molar-refractivity contribution in [1.82, 2.24) is 19.9 Å². The third kappa shape index (κ3) is 4.57. The normalized spacial score (nSPS) is 10.8. The second-order valence-electron chi connectivity index (χ2n) is 6.52. The molecule has 0 aliphatic heterocycles. The van der Waals surface area contributed by atoms with Gasteiger partial charge in [0.25, 0.3) is 0 Å². The van der Waals surface area contributed by atoms with Gasteiger partial charge < -0.3 is 9.73 Å².